The van der Waals surface area contributed by atoms with Gasteiger partial charge in [-0.25, -0.2) is 0 Å². The molecular weight excluding hydrogens is 400 g/mol. The molecular formula is C26H50O2Si2. The quantitative estimate of drug-likeness (QED) is 0.406. The van der Waals surface area contributed by atoms with Gasteiger partial charge in [-0.15, -0.1) is 0 Å². The molecule has 0 bridgehead atoms. The van der Waals surface area contributed by atoms with Crippen molar-refractivity contribution in [2.75, 3.05) is 0 Å². The Morgan fingerprint density at radius 2 is 1.37 bits per heavy atom. The lowest BCUT2D eigenvalue weighted by Gasteiger charge is -2.62. The van der Waals surface area contributed by atoms with Crippen LogP contribution in [0.5, 0.6) is 0 Å². The van der Waals surface area contributed by atoms with Gasteiger partial charge in [0.05, 0.1) is 5.60 Å². The van der Waals surface area contributed by atoms with Gasteiger partial charge in [0.15, 0.2) is 16.6 Å². The summed E-state index contributed by atoms with van der Waals surface area (Å²) in [5, 5.41) is 0. The summed E-state index contributed by atoms with van der Waals surface area (Å²) >= 11 is 0. The van der Waals surface area contributed by atoms with E-state index >= 15 is 0 Å². The Kier molecular flexibility index (Phi) is 5.82. The first-order chi connectivity index (χ1) is 13.7. The van der Waals surface area contributed by atoms with Crippen LogP contribution < -0.4 is 0 Å². The molecule has 0 aliphatic heterocycles. The monoisotopic (exact) mass is 450 g/mol. The van der Waals surface area contributed by atoms with Gasteiger partial charge in [-0.3, -0.25) is 0 Å². The Morgan fingerprint density at radius 1 is 0.700 bits per heavy atom. The highest BCUT2D eigenvalue weighted by Gasteiger charge is 2.64. The summed E-state index contributed by atoms with van der Waals surface area (Å²) in [5.74, 6) is 3.65. The minimum absolute atomic E-state index is 0.105. The second-order valence-electron chi connectivity index (χ2n) is 14.2. The van der Waals surface area contributed by atoms with E-state index in [1.54, 1.807) is 0 Å². The summed E-state index contributed by atoms with van der Waals surface area (Å²) < 4.78 is 13.6. The van der Waals surface area contributed by atoms with Gasteiger partial charge in [0.25, 0.3) is 0 Å². The molecule has 5 unspecified atom stereocenters. The third-order valence-corrected chi connectivity index (χ3v) is 12.3. The average molecular weight is 451 g/mol. The largest absolute Gasteiger partial charge is 0.415 e. The highest BCUT2D eigenvalue weighted by Crippen LogP contribution is 2.69. The Bertz CT molecular complexity index is 652. The minimum atomic E-state index is -1.54. The van der Waals surface area contributed by atoms with Gasteiger partial charge in [-0.2, -0.15) is 0 Å². The van der Waals surface area contributed by atoms with E-state index in [2.05, 4.69) is 60.1 Å². The fourth-order valence-electron chi connectivity index (χ4n) is 8.89. The smallest absolute Gasteiger partial charge is 0.184 e. The number of hydrogen-bond acceptors (Lipinski definition) is 2. The van der Waals surface area contributed by atoms with E-state index in [1.165, 1.54) is 57.8 Å². The lowest BCUT2D eigenvalue weighted by Crippen LogP contribution is -2.58. The zero-order valence-corrected chi connectivity index (χ0v) is 23.6. The second-order valence-corrected chi connectivity index (χ2v) is 23.1. The molecule has 0 spiro atoms. The Morgan fingerprint density at radius 3 is 2.00 bits per heavy atom. The van der Waals surface area contributed by atoms with Crippen molar-refractivity contribution in [2.24, 2.45) is 34.5 Å². The first-order valence-electron chi connectivity index (χ1n) is 13.0. The molecule has 8 atom stereocenters. The molecule has 0 aromatic rings. The number of hydrogen-bond donors (Lipinski definition) is 0. The maximum atomic E-state index is 6.96. The summed E-state index contributed by atoms with van der Waals surface area (Å²) in [6.45, 7) is 22.0. The molecule has 4 fully saturated rings. The van der Waals surface area contributed by atoms with Gasteiger partial charge in [0.2, 0.25) is 0 Å². The van der Waals surface area contributed by atoms with Crippen molar-refractivity contribution in [2.45, 2.75) is 130 Å². The van der Waals surface area contributed by atoms with E-state index in [-0.39, 0.29) is 5.60 Å². The van der Waals surface area contributed by atoms with Crippen LogP contribution in [-0.4, -0.2) is 28.3 Å². The maximum absolute atomic E-state index is 6.96. The summed E-state index contributed by atoms with van der Waals surface area (Å²) in [7, 11) is -2.98. The van der Waals surface area contributed by atoms with Crippen LogP contribution in [0.25, 0.3) is 0 Å². The fourth-order valence-corrected chi connectivity index (χ4v) is 11.8. The molecule has 0 saturated heterocycles. The van der Waals surface area contributed by atoms with Crippen molar-refractivity contribution in [3.05, 3.63) is 0 Å². The number of rotatable bonds is 4. The SMILES string of the molecule is CC12CC[C@@H](O[Si](C)(C)C)C[C@H]1CCC1C2CCC2(C)C1CC[C@]2(C)O[Si](C)(C)C. The highest BCUT2D eigenvalue weighted by atomic mass is 28.4. The molecule has 4 heteroatoms. The van der Waals surface area contributed by atoms with Crippen molar-refractivity contribution < 1.29 is 8.85 Å². The molecule has 0 radical (unpaired) electrons. The van der Waals surface area contributed by atoms with Crippen LogP contribution in [0.4, 0.5) is 0 Å². The zero-order valence-electron chi connectivity index (χ0n) is 21.6. The molecule has 0 aromatic carbocycles. The van der Waals surface area contributed by atoms with Gasteiger partial charge in [-0.1, -0.05) is 13.8 Å². The van der Waals surface area contributed by atoms with Gasteiger partial charge in [0, 0.05) is 6.10 Å². The zero-order chi connectivity index (χ0) is 22.2. The molecule has 30 heavy (non-hydrogen) atoms. The van der Waals surface area contributed by atoms with E-state index < -0.39 is 16.6 Å². The normalized spacial score (nSPS) is 49.3. The Balaban J connectivity index is 1.52. The average Bonchev–Trinajstić information content (AvgIpc) is 2.83. The predicted octanol–water partition coefficient (Wildman–Crippen LogP) is 7.86. The third-order valence-electron chi connectivity index (χ3n) is 10.2. The van der Waals surface area contributed by atoms with Crippen LogP contribution in [-0.2, 0) is 8.85 Å². The summed E-state index contributed by atoms with van der Waals surface area (Å²) in [4.78, 5) is 0. The molecule has 0 N–H and O–H groups in total. The first kappa shape index (κ1) is 23.5. The molecule has 4 rings (SSSR count). The summed E-state index contributed by atoms with van der Waals surface area (Å²) in [6, 6.07) is 0. The van der Waals surface area contributed by atoms with Crippen LogP contribution >= 0.6 is 0 Å². The Labute approximate surface area is 189 Å². The molecule has 2 nitrogen and oxygen atoms in total. The topological polar surface area (TPSA) is 18.5 Å². The molecule has 0 amide bonds. The van der Waals surface area contributed by atoms with Crippen molar-refractivity contribution >= 4 is 16.6 Å². The maximum Gasteiger partial charge on any atom is 0.184 e. The van der Waals surface area contributed by atoms with Gasteiger partial charge in [0.1, 0.15) is 0 Å². The van der Waals surface area contributed by atoms with Crippen LogP contribution in [0.1, 0.15) is 78.6 Å². The molecule has 4 aliphatic rings. The molecule has 0 aromatic heterocycles. The van der Waals surface area contributed by atoms with Crippen LogP contribution in [0, 0.1) is 34.5 Å². The number of fused-ring (bicyclic) bond motifs is 5. The predicted molar refractivity (Wildman–Crippen MR) is 133 cm³/mol. The van der Waals surface area contributed by atoms with Crippen molar-refractivity contribution in [3.63, 3.8) is 0 Å². The lowest BCUT2D eigenvalue weighted by molar-refractivity contribution is -0.148. The summed E-state index contributed by atoms with van der Waals surface area (Å²) in [5.41, 5.74) is 1.05. The standard InChI is InChI=1S/C26H50O2Si2/c1-24-15-12-20(27-29(4,5)6)18-19(24)10-11-21-22(24)13-16-25(2)23(21)14-17-26(25,3)28-30(7,8)9/h19-23H,10-18H2,1-9H3/t19-,20-,21?,22?,23?,24?,25?,26+/m1/s1. The van der Waals surface area contributed by atoms with Gasteiger partial charge < -0.3 is 8.85 Å². The fraction of sp³-hybridized carbons (Fsp3) is 1.00. The van der Waals surface area contributed by atoms with E-state index in [9.17, 15) is 0 Å². The van der Waals surface area contributed by atoms with Crippen molar-refractivity contribution in [3.8, 4) is 0 Å². The van der Waals surface area contributed by atoms with E-state index in [1.807, 2.05) is 0 Å². The Hall–Kier alpha value is 0.354. The lowest BCUT2D eigenvalue weighted by atomic mass is 9.44. The van der Waals surface area contributed by atoms with E-state index in [0.717, 1.165) is 23.7 Å². The van der Waals surface area contributed by atoms with Crippen molar-refractivity contribution in [1.82, 2.24) is 0 Å². The highest BCUT2D eigenvalue weighted by molar-refractivity contribution is 6.70. The van der Waals surface area contributed by atoms with Crippen LogP contribution in [0.2, 0.25) is 39.3 Å². The summed E-state index contributed by atoms with van der Waals surface area (Å²) in [6.07, 6.45) is 13.0. The molecule has 4 aliphatic carbocycles. The minimum Gasteiger partial charge on any atom is -0.415 e. The second kappa shape index (κ2) is 7.43. The van der Waals surface area contributed by atoms with Crippen LogP contribution in [0.15, 0.2) is 0 Å². The molecule has 0 heterocycles. The molecule has 4 saturated carbocycles. The third kappa shape index (κ3) is 3.94. The van der Waals surface area contributed by atoms with Crippen LogP contribution in [0.3, 0.4) is 0 Å². The first-order valence-corrected chi connectivity index (χ1v) is 19.9. The van der Waals surface area contributed by atoms with Gasteiger partial charge in [-0.05, 0) is 138 Å². The molecule has 174 valence electrons. The van der Waals surface area contributed by atoms with E-state index in [0.29, 0.717) is 16.9 Å². The van der Waals surface area contributed by atoms with Gasteiger partial charge >= 0.3 is 0 Å². The van der Waals surface area contributed by atoms with Crippen molar-refractivity contribution in [1.29, 1.82) is 0 Å². The van der Waals surface area contributed by atoms with E-state index in [4.69, 9.17) is 8.85 Å².